The molecule has 0 spiro atoms. The monoisotopic (exact) mass is 292 g/mol. The molecule has 0 atom stereocenters. The largest absolute Gasteiger partial charge is 0.490 e. The van der Waals surface area contributed by atoms with Crippen molar-refractivity contribution >= 4 is 0 Å². The maximum Gasteiger partial charge on any atom is 0.161 e. The van der Waals surface area contributed by atoms with Crippen LogP contribution >= 0.6 is 0 Å². The first-order chi connectivity index (χ1) is 10.3. The van der Waals surface area contributed by atoms with Crippen molar-refractivity contribution in [1.29, 1.82) is 0 Å². The molecule has 0 aliphatic carbocycles. The molecule has 4 nitrogen and oxygen atoms in total. The van der Waals surface area contributed by atoms with E-state index in [2.05, 4.69) is 10.2 Å². The van der Waals surface area contributed by atoms with Crippen LogP contribution in [0.3, 0.4) is 0 Å². The molecule has 1 heterocycles. The first kappa shape index (κ1) is 16.1. The van der Waals surface area contributed by atoms with E-state index in [-0.39, 0.29) is 0 Å². The van der Waals surface area contributed by atoms with E-state index in [9.17, 15) is 0 Å². The van der Waals surface area contributed by atoms with Gasteiger partial charge in [0.25, 0.3) is 0 Å². The average Bonchev–Trinajstić information content (AvgIpc) is 2.51. The summed E-state index contributed by atoms with van der Waals surface area (Å²) in [5.74, 6) is 2.53. The summed E-state index contributed by atoms with van der Waals surface area (Å²) in [6.45, 7) is 7.89. The molecule has 1 aliphatic rings. The van der Waals surface area contributed by atoms with Gasteiger partial charge in [-0.3, -0.25) is 4.90 Å². The third-order valence-electron chi connectivity index (χ3n) is 4.01. The Kier molecular flexibility index (Phi) is 6.83. The van der Waals surface area contributed by atoms with Crippen LogP contribution in [0, 0.1) is 5.92 Å². The van der Waals surface area contributed by atoms with Gasteiger partial charge in [0.1, 0.15) is 6.61 Å². The molecule has 1 fully saturated rings. The number of nitrogens with one attached hydrogen (secondary N) is 1. The van der Waals surface area contributed by atoms with Crippen molar-refractivity contribution in [3.05, 3.63) is 24.3 Å². The van der Waals surface area contributed by atoms with Crippen LogP contribution in [-0.2, 0) is 0 Å². The fourth-order valence-corrected chi connectivity index (χ4v) is 2.83. The highest BCUT2D eigenvalue weighted by Gasteiger charge is 2.18. The number of ether oxygens (including phenoxy) is 2. The van der Waals surface area contributed by atoms with Crippen molar-refractivity contribution in [2.24, 2.45) is 5.92 Å². The van der Waals surface area contributed by atoms with Gasteiger partial charge in [-0.25, -0.2) is 0 Å². The second-order valence-electron chi connectivity index (χ2n) is 5.57. The van der Waals surface area contributed by atoms with Crippen LogP contribution in [0.2, 0.25) is 0 Å². The van der Waals surface area contributed by atoms with E-state index >= 15 is 0 Å². The Bertz CT molecular complexity index is 404. The van der Waals surface area contributed by atoms with Crippen LogP contribution in [-0.4, -0.2) is 51.3 Å². The summed E-state index contributed by atoms with van der Waals surface area (Å²) < 4.78 is 11.5. The fraction of sp³-hybridized carbons (Fsp3) is 0.647. The zero-order valence-electron chi connectivity index (χ0n) is 13.3. The molecule has 1 aromatic carbocycles. The highest BCUT2D eigenvalue weighted by molar-refractivity contribution is 5.39. The number of nitrogens with zero attached hydrogens (tertiary/aromatic N) is 1. The maximum absolute atomic E-state index is 5.89. The molecule has 1 aliphatic heterocycles. The van der Waals surface area contributed by atoms with Crippen LogP contribution in [0.25, 0.3) is 0 Å². The maximum atomic E-state index is 5.89. The van der Waals surface area contributed by atoms with E-state index in [4.69, 9.17) is 9.47 Å². The van der Waals surface area contributed by atoms with Crippen LogP contribution in [0.1, 0.15) is 19.8 Å². The Morgan fingerprint density at radius 2 is 1.81 bits per heavy atom. The van der Waals surface area contributed by atoms with Crippen LogP contribution in [0.15, 0.2) is 24.3 Å². The highest BCUT2D eigenvalue weighted by Crippen LogP contribution is 2.26. The molecule has 2 rings (SSSR count). The van der Waals surface area contributed by atoms with E-state index in [1.807, 2.05) is 38.2 Å². The molecule has 0 unspecified atom stereocenters. The van der Waals surface area contributed by atoms with E-state index < -0.39 is 0 Å². The van der Waals surface area contributed by atoms with Crippen molar-refractivity contribution in [2.75, 3.05) is 46.4 Å². The van der Waals surface area contributed by atoms with Gasteiger partial charge in [-0.2, -0.15) is 0 Å². The minimum absolute atomic E-state index is 0.666. The van der Waals surface area contributed by atoms with Gasteiger partial charge in [0.2, 0.25) is 0 Å². The molecule has 118 valence electrons. The smallest absolute Gasteiger partial charge is 0.161 e. The van der Waals surface area contributed by atoms with E-state index in [0.29, 0.717) is 6.61 Å². The molecule has 0 saturated carbocycles. The van der Waals surface area contributed by atoms with E-state index in [1.165, 1.54) is 25.9 Å². The predicted molar refractivity (Wildman–Crippen MR) is 86.2 cm³/mol. The molecule has 1 N–H and O–H groups in total. The summed E-state index contributed by atoms with van der Waals surface area (Å²) in [5, 5.41) is 3.28. The summed E-state index contributed by atoms with van der Waals surface area (Å²) >= 11 is 0. The molecule has 1 aromatic rings. The van der Waals surface area contributed by atoms with E-state index in [1.54, 1.807) is 0 Å². The normalized spacial score (nSPS) is 16.9. The van der Waals surface area contributed by atoms with Gasteiger partial charge in [-0.15, -0.1) is 0 Å². The number of benzene rings is 1. The zero-order valence-corrected chi connectivity index (χ0v) is 13.3. The number of rotatable bonds is 8. The minimum Gasteiger partial charge on any atom is -0.490 e. The Morgan fingerprint density at radius 1 is 1.14 bits per heavy atom. The lowest BCUT2D eigenvalue weighted by molar-refractivity contribution is 0.152. The quantitative estimate of drug-likeness (QED) is 0.798. The lowest BCUT2D eigenvalue weighted by atomic mass is 9.97. The van der Waals surface area contributed by atoms with Gasteiger partial charge >= 0.3 is 0 Å². The molecule has 0 bridgehead atoms. The second-order valence-corrected chi connectivity index (χ2v) is 5.57. The number of para-hydroxylation sites is 2. The molecule has 0 radical (unpaired) electrons. The Labute approximate surface area is 128 Å². The highest BCUT2D eigenvalue weighted by atomic mass is 16.5. The topological polar surface area (TPSA) is 33.7 Å². The standard InChI is InChI=1S/C17H28N2O2/c1-3-20-16-6-4-5-7-17(16)21-13-12-19-10-8-15(9-11-19)14-18-2/h4-7,15,18H,3,8-14H2,1-2H3. The number of piperidine rings is 1. The fourth-order valence-electron chi connectivity index (χ4n) is 2.83. The number of hydrogen-bond donors (Lipinski definition) is 1. The molecule has 21 heavy (non-hydrogen) atoms. The van der Waals surface area contributed by atoms with Crippen molar-refractivity contribution in [3.8, 4) is 11.5 Å². The SMILES string of the molecule is CCOc1ccccc1OCCN1CCC(CNC)CC1. The van der Waals surface area contributed by atoms with Crippen molar-refractivity contribution in [1.82, 2.24) is 10.2 Å². The second kappa shape index (κ2) is 8.90. The van der Waals surface area contributed by atoms with Crippen LogP contribution in [0.4, 0.5) is 0 Å². The summed E-state index contributed by atoms with van der Waals surface area (Å²) in [6.07, 6.45) is 2.58. The summed E-state index contributed by atoms with van der Waals surface area (Å²) in [7, 11) is 2.04. The minimum atomic E-state index is 0.666. The summed E-state index contributed by atoms with van der Waals surface area (Å²) in [6, 6.07) is 7.90. The molecule has 4 heteroatoms. The van der Waals surface area contributed by atoms with Gasteiger partial charge in [0.05, 0.1) is 6.61 Å². The van der Waals surface area contributed by atoms with E-state index in [0.717, 1.165) is 37.1 Å². The molecular formula is C17H28N2O2. The van der Waals surface area contributed by atoms with Gasteiger partial charge in [-0.1, -0.05) is 12.1 Å². The predicted octanol–water partition coefficient (Wildman–Crippen LogP) is 2.40. The lowest BCUT2D eigenvalue weighted by Gasteiger charge is -2.31. The summed E-state index contributed by atoms with van der Waals surface area (Å²) in [5.41, 5.74) is 0. The Morgan fingerprint density at radius 3 is 2.43 bits per heavy atom. The average molecular weight is 292 g/mol. The summed E-state index contributed by atoms with van der Waals surface area (Å²) in [4.78, 5) is 2.50. The number of hydrogen-bond acceptors (Lipinski definition) is 4. The molecule has 1 saturated heterocycles. The Hall–Kier alpha value is -1.26. The third kappa shape index (κ3) is 5.21. The first-order valence-corrected chi connectivity index (χ1v) is 8.05. The van der Waals surface area contributed by atoms with Gasteiger partial charge < -0.3 is 14.8 Å². The zero-order chi connectivity index (χ0) is 14.9. The molecular weight excluding hydrogens is 264 g/mol. The lowest BCUT2D eigenvalue weighted by Crippen LogP contribution is -2.38. The van der Waals surface area contributed by atoms with Crippen LogP contribution in [0.5, 0.6) is 11.5 Å². The first-order valence-electron chi connectivity index (χ1n) is 8.05. The van der Waals surface area contributed by atoms with Gasteiger partial charge in [0, 0.05) is 6.54 Å². The van der Waals surface area contributed by atoms with Crippen molar-refractivity contribution in [2.45, 2.75) is 19.8 Å². The van der Waals surface area contributed by atoms with Gasteiger partial charge in [0.15, 0.2) is 11.5 Å². The van der Waals surface area contributed by atoms with Crippen molar-refractivity contribution in [3.63, 3.8) is 0 Å². The molecule has 0 amide bonds. The Balaban J connectivity index is 1.70. The van der Waals surface area contributed by atoms with Crippen LogP contribution < -0.4 is 14.8 Å². The number of likely N-dealkylation sites (tertiary alicyclic amines) is 1. The molecule has 0 aromatic heterocycles. The van der Waals surface area contributed by atoms with Crippen molar-refractivity contribution < 1.29 is 9.47 Å². The van der Waals surface area contributed by atoms with Gasteiger partial charge in [-0.05, 0) is 64.5 Å². The third-order valence-corrected chi connectivity index (χ3v) is 4.01.